The molecule has 0 saturated carbocycles. The molecule has 1 aromatic heterocycles. The highest BCUT2D eigenvalue weighted by Crippen LogP contribution is 2.30. The third kappa shape index (κ3) is 5.74. The predicted molar refractivity (Wildman–Crippen MR) is 120 cm³/mol. The minimum Gasteiger partial charge on any atom is -0.481 e. The number of nitrogens with one attached hydrogen (secondary N) is 1. The largest absolute Gasteiger partial charge is 0.481 e. The number of rotatable bonds is 8. The van der Waals surface area contributed by atoms with Crippen molar-refractivity contribution in [2.75, 3.05) is 11.1 Å². The van der Waals surface area contributed by atoms with E-state index in [2.05, 4.69) is 31.4 Å². The molecular formula is C20H19BrClFN4O2S. The quantitative estimate of drug-likeness (QED) is 0.390. The molecule has 0 fully saturated rings. The zero-order valence-corrected chi connectivity index (χ0v) is 19.4. The Morgan fingerprint density at radius 2 is 2.03 bits per heavy atom. The second-order valence-electron chi connectivity index (χ2n) is 6.26. The van der Waals surface area contributed by atoms with Gasteiger partial charge in [0.2, 0.25) is 5.91 Å². The van der Waals surface area contributed by atoms with E-state index < -0.39 is 11.9 Å². The maximum absolute atomic E-state index is 13.2. The summed E-state index contributed by atoms with van der Waals surface area (Å²) in [6.07, 6.45) is -0.466. The molecule has 3 aromatic rings. The monoisotopic (exact) mass is 512 g/mol. The average molecular weight is 514 g/mol. The maximum Gasteiger partial charge on any atom is 0.234 e. The lowest BCUT2D eigenvalue weighted by molar-refractivity contribution is -0.113. The molecule has 30 heavy (non-hydrogen) atoms. The van der Waals surface area contributed by atoms with Gasteiger partial charge in [-0.25, -0.2) is 4.39 Å². The normalized spacial score (nSPS) is 11.9. The van der Waals surface area contributed by atoms with E-state index in [0.717, 1.165) is 10.2 Å². The van der Waals surface area contributed by atoms with Crippen molar-refractivity contribution in [1.82, 2.24) is 14.8 Å². The highest BCUT2D eigenvalue weighted by atomic mass is 79.9. The zero-order valence-electron chi connectivity index (χ0n) is 16.2. The zero-order chi connectivity index (χ0) is 21.7. The molecule has 1 N–H and O–H groups in total. The van der Waals surface area contributed by atoms with Crippen LogP contribution in [-0.4, -0.2) is 26.4 Å². The number of ether oxygens (including phenoxy) is 1. The van der Waals surface area contributed by atoms with Crippen molar-refractivity contribution in [3.8, 4) is 5.75 Å². The van der Waals surface area contributed by atoms with Gasteiger partial charge in [0.05, 0.1) is 10.8 Å². The first-order valence-corrected chi connectivity index (χ1v) is 11.3. The van der Waals surface area contributed by atoms with Crippen molar-refractivity contribution in [1.29, 1.82) is 0 Å². The first-order valence-electron chi connectivity index (χ1n) is 9.10. The smallest absolute Gasteiger partial charge is 0.234 e. The molecule has 1 heterocycles. The number of thioether (sulfide) groups is 1. The fourth-order valence-electron chi connectivity index (χ4n) is 2.68. The fraction of sp³-hybridized carbons (Fsp3) is 0.250. The van der Waals surface area contributed by atoms with Crippen LogP contribution in [0.3, 0.4) is 0 Å². The standard InChI is InChI=1S/C20H19BrClFN4O2S/c1-3-27-19(12(2)29-17-9-6-14(23)10-16(17)22)25-26-20(27)30-11-18(28)24-15-7-4-13(21)5-8-15/h4-10,12H,3,11H2,1-2H3,(H,24,28). The Balaban J connectivity index is 1.64. The molecule has 0 aliphatic rings. The van der Waals surface area contributed by atoms with Gasteiger partial charge in [-0.2, -0.15) is 0 Å². The molecule has 0 radical (unpaired) electrons. The van der Waals surface area contributed by atoms with Gasteiger partial charge in [-0.15, -0.1) is 10.2 Å². The van der Waals surface area contributed by atoms with Gasteiger partial charge in [0.1, 0.15) is 11.6 Å². The fourth-order valence-corrected chi connectivity index (χ4v) is 3.96. The van der Waals surface area contributed by atoms with Crippen LogP contribution in [0.15, 0.2) is 52.1 Å². The maximum atomic E-state index is 13.2. The Morgan fingerprint density at radius 1 is 1.30 bits per heavy atom. The van der Waals surface area contributed by atoms with Crippen molar-refractivity contribution in [2.24, 2.45) is 0 Å². The molecule has 6 nitrogen and oxygen atoms in total. The number of aromatic nitrogens is 3. The van der Waals surface area contributed by atoms with Gasteiger partial charge in [-0.1, -0.05) is 39.3 Å². The van der Waals surface area contributed by atoms with Gasteiger partial charge < -0.3 is 14.6 Å². The molecule has 3 rings (SSSR count). The average Bonchev–Trinajstić information content (AvgIpc) is 3.13. The van der Waals surface area contributed by atoms with Gasteiger partial charge in [0.15, 0.2) is 17.1 Å². The highest BCUT2D eigenvalue weighted by Gasteiger charge is 2.20. The van der Waals surface area contributed by atoms with Gasteiger partial charge in [0, 0.05) is 16.7 Å². The van der Waals surface area contributed by atoms with Crippen LogP contribution in [0.4, 0.5) is 10.1 Å². The Kier molecular flexibility index (Phi) is 7.74. The minimum absolute atomic E-state index is 0.142. The molecule has 1 amide bonds. The lowest BCUT2D eigenvalue weighted by Crippen LogP contribution is -2.15. The van der Waals surface area contributed by atoms with Crippen molar-refractivity contribution in [2.45, 2.75) is 31.7 Å². The van der Waals surface area contributed by atoms with Crippen molar-refractivity contribution in [3.63, 3.8) is 0 Å². The second-order valence-corrected chi connectivity index (χ2v) is 8.53. The number of hydrogen-bond donors (Lipinski definition) is 1. The Morgan fingerprint density at radius 3 is 2.70 bits per heavy atom. The van der Waals surface area contributed by atoms with Crippen molar-refractivity contribution in [3.05, 3.63) is 63.6 Å². The predicted octanol–water partition coefficient (Wildman–Crippen LogP) is 5.72. The summed E-state index contributed by atoms with van der Waals surface area (Å²) in [6.45, 7) is 4.37. The van der Waals surface area contributed by atoms with Crippen LogP contribution >= 0.6 is 39.3 Å². The first kappa shape index (κ1) is 22.6. The van der Waals surface area contributed by atoms with Gasteiger partial charge in [0.25, 0.3) is 0 Å². The van der Waals surface area contributed by atoms with E-state index >= 15 is 0 Å². The van der Waals surface area contributed by atoms with E-state index in [9.17, 15) is 9.18 Å². The number of carbonyl (C=O) groups is 1. The summed E-state index contributed by atoms with van der Waals surface area (Å²) < 4.78 is 21.9. The van der Waals surface area contributed by atoms with Crippen molar-refractivity contribution >= 4 is 50.9 Å². The molecule has 2 aromatic carbocycles. The number of anilines is 1. The number of amides is 1. The third-order valence-corrected chi connectivity index (χ3v) is 5.87. The number of halogens is 3. The Bertz CT molecular complexity index is 1030. The molecule has 0 bridgehead atoms. The minimum atomic E-state index is -0.466. The molecule has 1 atom stereocenters. The van der Waals surface area contributed by atoms with Crippen LogP contribution in [-0.2, 0) is 11.3 Å². The van der Waals surface area contributed by atoms with Crippen LogP contribution in [0.5, 0.6) is 5.75 Å². The number of nitrogens with zero attached hydrogens (tertiary/aromatic N) is 3. The molecule has 1 unspecified atom stereocenters. The lowest BCUT2D eigenvalue weighted by atomic mass is 10.3. The third-order valence-electron chi connectivity index (χ3n) is 4.08. The molecular weight excluding hydrogens is 495 g/mol. The van der Waals surface area contributed by atoms with Crippen LogP contribution in [0.25, 0.3) is 0 Å². The van der Waals surface area contributed by atoms with Crippen LogP contribution in [0, 0.1) is 5.82 Å². The van der Waals surface area contributed by atoms with Gasteiger partial charge >= 0.3 is 0 Å². The lowest BCUT2D eigenvalue weighted by Gasteiger charge is -2.16. The first-order chi connectivity index (χ1) is 14.4. The van der Waals surface area contributed by atoms with E-state index in [0.29, 0.717) is 23.3 Å². The van der Waals surface area contributed by atoms with Crippen LogP contribution in [0.2, 0.25) is 5.02 Å². The highest BCUT2D eigenvalue weighted by molar-refractivity contribution is 9.10. The Hall–Kier alpha value is -2.10. The molecule has 0 aliphatic heterocycles. The molecule has 0 aliphatic carbocycles. The number of hydrogen-bond acceptors (Lipinski definition) is 5. The van der Waals surface area contributed by atoms with Crippen LogP contribution in [0.1, 0.15) is 25.8 Å². The van der Waals surface area contributed by atoms with E-state index in [1.807, 2.05) is 42.7 Å². The summed E-state index contributed by atoms with van der Waals surface area (Å²) in [4.78, 5) is 12.2. The number of benzene rings is 2. The van der Waals surface area contributed by atoms with Gasteiger partial charge in [-0.3, -0.25) is 4.79 Å². The summed E-state index contributed by atoms with van der Waals surface area (Å²) in [5, 5.41) is 12.0. The van der Waals surface area contributed by atoms with Crippen molar-refractivity contribution < 1.29 is 13.9 Å². The SMILES string of the molecule is CCn1c(SCC(=O)Nc2ccc(Br)cc2)nnc1C(C)Oc1ccc(F)cc1Cl. The topological polar surface area (TPSA) is 69.0 Å². The summed E-state index contributed by atoms with van der Waals surface area (Å²) in [6, 6.07) is 11.3. The molecule has 10 heteroatoms. The summed E-state index contributed by atoms with van der Waals surface area (Å²) in [5.74, 6) is 0.564. The van der Waals surface area contributed by atoms with E-state index in [-0.39, 0.29) is 16.7 Å². The van der Waals surface area contributed by atoms with E-state index in [4.69, 9.17) is 16.3 Å². The summed E-state index contributed by atoms with van der Waals surface area (Å²) in [5.41, 5.74) is 0.722. The van der Waals surface area contributed by atoms with E-state index in [1.165, 1.54) is 30.0 Å². The second kappa shape index (κ2) is 10.3. The summed E-state index contributed by atoms with van der Waals surface area (Å²) in [7, 11) is 0. The molecule has 158 valence electrons. The number of carbonyl (C=O) groups excluding carboxylic acids is 1. The Labute approximate surface area is 191 Å². The van der Waals surface area contributed by atoms with Crippen LogP contribution < -0.4 is 10.1 Å². The van der Waals surface area contributed by atoms with E-state index in [1.54, 1.807) is 0 Å². The molecule has 0 saturated heterocycles. The van der Waals surface area contributed by atoms with Gasteiger partial charge in [-0.05, 0) is 56.3 Å². The molecule has 0 spiro atoms. The summed E-state index contributed by atoms with van der Waals surface area (Å²) >= 11 is 10.7.